The molecule has 0 saturated heterocycles. The maximum absolute atomic E-state index is 11.1. The molecule has 3 nitrogen and oxygen atoms in total. The van der Waals surface area contributed by atoms with E-state index in [4.69, 9.17) is 16.7 Å². The van der Waals surface area contributed by atoms with Gasteiger partial charge in [0.1, 0.15) is 5.92 Å². The van der Waals surface area contributed by atoms with Crippen LogP contribution in [-0.2, 0) is 4.79 Å². The van der Waals surface area contributed by atoms with Crippen LogP contribution in [0, 0.1) is 5.92 Å². The smallest absolute Gasteiger partial charge is 0.312 e. The zero-order valence-corrected chi connectivity index (χ0v) is 9.53. The van der Waals surface area contributed by atoms with Gasteiger partial charge in [0.25, 0.3) is 0 Å². The first-order valence-corrected chi connectivity index (χ1v) is 5.23. The second-order valence-electron chi connectivity index (χ2n) is 3.89. The number of hydrogen-bond acceptors (Lipinski definition) is 2. The van der Waals surface area contributed by atoms with Gasteiger partial charge in [-0.3, -0.25) is 9.78 Å². The average Bonchev–Trinajstić information content (AvgIpc) is 2.15. The minimum atomic E-state index is -0.871. The summed E-state index contributed by atoms with van der Waals surface area (Å²) in [5, 5.41) is 9.52. The minimum absolute atomic E-state index is 0.296. The van der Waals surface area contributed by atoms with E-state index in [1.54, 1.807) is 18.3 Å². The van der Waals surface area contributed by atoms with Crippen molar-refractivity contribution >= 4 is 17.6 Å². The first kappa shape index (κ1) is 12.0. The molecule has 1 heterocycles. The third kappa shape index (κ3) is 3.20. The van der Waals surface area contributed by atoms with Crippen LogP contribution >= 0.6 is 11.6 Å². The van der Waals surface area contributed by atoms with Gasteiger partial charge in [-0.2, -0.15) is 0 Å². The van der Waals surface area contributed by atoms with E-state index in [-0.39, 0.29) is 0 Å². The third-order valence-electron chi connectivity index (χ3n) is 2.12. The Morgan fingerprint density at radius 2 is 2.27 bits per heavy atom. The molecule has 0 aliphatic rings. The van der Waals surface area contributed by atoms with E-state index >= 15 is 0 Å². The van der Waals surface area contributed by atoms with Crippen LogP contribution in [0.2, 0.25) is 5.02 Å². The van der Waals surface area contributed by atoms with Crippen molar-refractivity contribution in [3.05, 3.63) is 29.0 Å². The second-order valence-corrected chi connectivity index (χ2v) is 4.30. The quantitative estimate of drug-likeness (QED) is 0.861. The van der Waals surface area contributed by atoms with Gasteiger partial charge in [0.05, 0.1) is 10.7 Å². The van der Waals surface area contributed by atoms with Gasteiger partial charge < -0.3 is 5.11 Å². The van der Waals surface area contributed by atoms with Crippen molar-refractivity contribution in [3.63, 3.8) is 0 Å². The van der Waals surface area contributed by atoms with Crippen molar-refractivity contribution in [3.8, 4) is 0 Å². The van der Waals surface area contributed by atoms with Gasteiger partial charge in [-0.15, -0.1) is 0 Å². The molecular formula is C11H14ClNO2. The van der Waals surface area contributed by atoms with Crippen LogP contribution in [0.5, 0.6) is 0 Å². The number of hydrogen-bond donors (Lipinski definition) is 1. The Labute approximate surface area is 94.1 Å². The average molecular weight is 228 g/mol. The van der Waals surface area contributed by atoms with Gasteiger partial charge in [0.2, 0.25) is 0 Å². The Hall–Kier alpha value is -1.09. The molecule has 0 fully saturated rings. The highest BCUT2D eigenvalue weighted by molar-refractivity contribution is 6.31. The molecule has 1 rings (SSSR count). The number of carboxylic acids is 1. The third-order valence-corrected chi connectivity index (χ3v) is 2.44. The zero-order valence-electron chi connectivity index (χ0n) is 8.77. The summed E-state index contributed by atoms with van der Waals surface area (Å²) in [6, 6.07) is 3.36. The Morgan fingerprint density at radius 3 is 2.73 bits per heavy atom. The van der Waals surface area contributed by atoms with E-state index in [2.05, 4.69) is 4.98 Å². The molecule has 0 aliphatic heterocycles. The first-order valence-electron chi connectivity index (χ1n) is 4.85. The normalized spacial score (nSPS) is 12.8. The predicted octanol–water partition coefficient (Wildman–Crippen LogP) is 2.95. The molecule has 0 saturated carbocycles. The number of aromatic nitrogens is 1. The summed E-state index contributed by atoms with van der Waals surface area (Å²) in [5.41, 5.74) is 0.459. The molecule has 0 amide bonds. The van der Waals surface area contributed by atoms with E-state index in [1.807, 2.05) is 13.8 Å². The summed E-state index contributed by atoms with van der Waals surface area (Å²) >= 11 is 5.92. The minimum Gasteiger partial charge on any atom is -0.481 e. The number of carboxylic acid groups (broad SMARTS) is 1. The molecule has 15 heavy (non-hydrogen) atoms. The summed E-state index contributed by atoms with van der Waals surface area (Å²) in [5.74, 6) is -1.19. The van der Waals surface area contributed by atoms with Gasteiger partial charge in [0.15, 0.2) is 0 Å². The Kier molecular flexibility index (Phi) is 4.09. The van der Waals surface area contributed by atoms with Crippen molar-refractivity contribution in [2.24, 2.45) is 5.92 Å². The summed E-state index contributed by atoms with van der Waals surface area (Å²) in [6.45, 7) is 3.96. The van der Waals surface area contributed by atoms with Gasteiger partial charge >= 0.3 is 5.97 Å². The fourth-order valence-electron chi connectivity index (χ4n) is 1.46. The molecule has 0 spiro atoms. The topological polar surface area (TPSA) is 50.2 Å². The molecule has 82 valence electrons. The van der Waals surface area contributed by atoms with Crippen molar-refractivity contribution in [2.45, 2.75) is 26.2 Å². The summed E-state index contributed by atoms with van der Waals surface area (Å²) in [7, 11) is 0. The molecule has 0 aromatic carbocycles. The maximum Gasteiger partial charge on any atom is 0.312 e. The predicted molar refractivity (Wildman–Crippen MR) is 59.1 cm³/mol. The van der Waals surface area contributed by atoms with Crippen LogP contribution in [0.4, 0.5) is 0 Å². The lowest BCUT2D eigenvalue weighted by atomic mass is 9.94. The lowest BCUT2D eigenvalue weighted by molar-refractivity contribution is -0.139. The molecule has 1 unspecified atom stereocenters. The van der Waals surface area contributed by atoms with Crippen molar-refractivity contribution in [1.82, 2.24) is 4.98 Å². The SMILES string of the molecule is CC(C)CC(C(=O)O)c1ncccc1Cl. The Bertz CT molecular complexity index is 352. The molecule has 0 aliphatic carbocycles. The Balaban J connectivity index is 2.99. The van der Waals surface area contributed by atoms with E-state index in [0.29, 0.717) is 23.1 Å². The molecule has 1 aromatic rings. The first-order chi connectivity index (χ1) is 7.02. The van der Waals surface area contributed by atoms with Gasteiger partial charge in [0, 0.05) is 6.20 Å². The van der Waals surface area contributed by atoms with Crippen LogP contribution in [0.15, 0.2) is 18.3 Å². The van der Waals surface area contributed by atoms with Crippen LogP contribution in [-0.4, -0.2) is 16.1 Å². The van der Waals surface area contributed by atoms with Crippen LogP contribution < -0.4 is 0 Å². The number of rotatable bonds is 4. The molecule has 1 atom stereocenters. The fraction of sp³-hybridized carbons (Fsp3) is 0.455. The summed E-state index contributed by atoms with van der Waals surface area (Å²) in [6.07, 6.45) is 2.11. The summed E-state index contributed by atoms with van der Waals surface area (Å²) < 4.78 is 0. The van der Waals surface area contributed by atoms with E-state index in [0.717, 1.165) is 0 Å². The lowest BCUT2D eigenvalue weighted by Gasteiger charge is -2.14. The molecular weight excluding hydrogens is 214 g/mol. The molecule has 1 aromatic heterocycles. The number of nitrogens with zero attached hydrogens (tertiary/aromatic N) is 1. The van der Waals surface area contributed by atoms with Crippen molar-refractivity contribution in [2.75, 3.05) is 0 Å². The molecule has 0 bridgehead atoms. The van der Waals surface area contributed by atoms with Crippen LogP contribution in [0.1, 0.15) is 31.9 Å². The number of pyridine rings is 1. The highest BCUT2D eigenvalue weighted by atomic mass is 35.5. The van der Waals surface area contributed by atoms with E-state index in [9.17, 15) is 4.79 Å². The summed E-state index contributed by atoms with van der Waals surface area (Å²) in [4.78, 5) is 15.1. The van der Waals surface area contributed by atoms with Gasteiger partial charge in [-0.05, 0) is 24.5 Å². The fourth-order valence-corrected chi connectivity index (χ4v) is 1.71. The largest absolute Gasteiger partial charge is 0.481 e. The van der Waals surface area contributed by atoms with Gasteiger partial charge in [-0.25, -0.2) is 0 Å². The van der Waals surface area contributed by atoms with E-state index < -0.39 is 11.9 Å². The number of aliphatic carboxylic acids is 1. The monoisotopic (exact) mass is 227 g/mol. The lowest BCUT2D eigenvalue weighted by Crippen LogP contribution is -2.15. The highest BCUT2D eigenvalue weighted by Gasteiger charge is 2.24. The molecule has 0 radical (unpaired) electrons. The van der Waals surface area contributed by atoms with Crippen molar-refractivity contribution in [1.29, 1.82) is 0 Å². The maximum atomic E-state index is 11.1. The van der Waals surface area contributed by atoms with Gasteiger partial charge in [-0.1, -0.05) is 25.4 Å². The zero-order chi connectivity index (χ0) is 11.4. The van der Waals surface area contributed by atoms with Crippen LogP contribution in [0.3, 0.4) is 0 Å². The van der Waals surface area contributed by atoms with E-state index in [1.165, 1.54) is 0 Å². The Morgan fingerprint density at radius 1 is 1.60 bits per heavy atom. The number of carbonyl (C=O) groups is 1. The molecule has 1 N–H and O–H groups in total. The van der Waals surface area contributed by atoms with Crippen molar-refractivity contribution < 1.29 is 9.90 Å². The number of halogens is 1. The van der Waals surface area contributed by atoms with Crippen LogP contribution in [0.25, 0.3) is 0 Å². The standard InChI is InChI=1S/C11H14ClNO2/c1-7(2)6-8(11(14)15)10-9(12)4-3-5-13-10/h3-5,7-8H,6H2,1-2H3,(H,14,15). The molecule has 4 heteroatoms. The highest BCUT2D eigenvalue weighted by Crippen LogP contribution is 2.27. The second kappa shape index (κ2) is 5.12.